The topological polar surface area (TPSA) is 62.3 Å². The van der Waals surface area contributed by atoms with Crippen LogP contribution in [0.3, 0.4) is 0 Å². The van der Waals surface area contributed by atoms with Crippen molar-refractivity contribution >= 4 is 11.8 Å². The van der Waals surface area contributed by atoms with Crippen molar-refractivity contribution in [2.45, 2.75) is 32.1 Å². The van der Waals surface area contributed by atoms with Crippen molar-refractivity contribution in [2.75, 3.05) is 20.6 Å². The third-order valence-electron chi connectivity index (χ3n) is 4.11. The number of carbonyl (C=O) groups is 2. The first-order valence-corrected chi connectivity index (χ1v) is 8.37. The van der Waals surface area contributed by atoms with Crippen LogP contribution in [0.15, 0.2) is 47.7 Å². The minimum Gasteiger partial charge on any atom is -0.350 e. The quantitative estimate of drug-likeness (QED) is 0.817. The van der Waals surface area contributed by atoms with Crippen molar-refractivity contribution in [1.82, 2.24) is 15.2 Å². The van der Waals surface area contributed by atoms with Crippen LogP contribution in [0, 0.1) is 0 Å². The van der Waals surface area contributed by atoms with E-state index in [-0.39, 0.29) is 11.8 Å². The van der Waals surface area contributed by atoms with E-state index in [1.807, 2.05) is 6.08 Å². The van der Waals surface area contributed by atoms with Crippen LogP contribution in [0.1, 0.15) is 42.6 Å². The van der Waals surface area contributed by atoms with Crippen LogP contribution in [0.25, 0.3) is 0 Å². The molecule has 1 aromatic rings. The minimum absolute atomic E-state index is 0.00382. The molecule has 128 valence electrons. The van der Waals surface area contributed by atoms with Crippen LogP contribution >= 0.6 is 0 Å². The molecule has 0 atom stereocenters. The van der Waals surface area contributed by atoms with Gasteiger partial charge in [-0.15, -0.1) is 0 Å². The SMILES string of the molecule is CN(C)C(=O)C=CC1=C(CCNC(=O)c2ccccn2)CCCC1. The summed E-state index contributed by atoms with van der Waals surface area (Å²) in [6.45, 7) is 0.587. The van der Waals surface area contributed by atoms with Crippen molar-refractivity contribution in [2.24, 2.45) is 0 Å². The van der Waals surface area contributed by atoms with Gasteiger partial charge in [0.2, 0.25) is 5.91 Å². The first-order valence-electron chi connectivity index (χ1n) is 8.37. The number of likely N-dealkylation sites (N-methyl/N-ethyl adjacent to an activating group) is 1. The minimum atomic E-state index is -0.146. The second-order valence-electron chi connectivity index (χ2n) is 6.12. The maximum absolute atomic E-state index is 12.0. The molecule has 0 saturated heterocycles. The van der Waals surface area contributed by atoms with Gasteiger partial charge in [-0.05, 0) is 49.8 Å². The average molecular weight is 327 g/mol. The number of hydrogen-bond donors (Lipinski definition) is 1. The van der Waals surface area contributed by atoms with E-state index in [0.29, 0.717) is 12.2 Å². The summed E-state index contributed by atoms with van der Waals surface area (Å²) >= 11 is 0. The highest BCUT2D eigenvalue weighted by Crippen LogP contribution is 2.27. The van der Waals surface area contributed by atoms with Crippen molar-refractivity contribution in [1.29, 1.82) is 0 Å². The molecule has 1 aliphatic carbocycles. The Morgan fingerprint density at radius 1 is 1.25 bits per heavy atom. The Morgan fingerprint density at radius 3 is 2.75 bits per heavy atom. The number of nitrogens with zero attached hydrogens (tertiary/aromatic N) is 2. The predicted molar refractivity (Wildman–Crippen MR) is 94.5 cm³/mol. The van der Waals surface area contributed by atoms with Gasteiger partial charge in [0.15, 0.2) is 0 Å². The van der Waals surface area contributed by atoms with Gasteiger partial charge in [-0.1, -0.05) is 17.7 Å². The van der Waals surface area contributed by atoms with E-state index in [0.717, 1.165) is 25.7 Å². The molecular formula is C19H25N3O2. The van der Waals surface area contributed by atoms with Gasteiger partial charge in [0.1, 0.15) is 5.69 Å². The molecule has 1 heterocycles. The van der Waals surface area contributed by atoms with Crippen LogP contribution in [0.4, 0.5) is 0 Å². The summed E-state index contributed by atoms with van der Waals surface area (Å²) < 4.78 is 0. The van der Waals surface area contributed by atoms with Crippen LogP contribution in [-0.2, 0) is 4.79 Å². The van der Waals surface area contributed by atoms with Crippen molar-refractivity contribution < 1.29 is 9.59 Å². The van der Waals surface area contributed by atoms with Gasteiger partial charge in [-0.2, -0.15) is 0 Å². The molecule has 0 fully saturated rings. The molecule has 24 heavy (non-hydrogen) atoms. The monoisotopic (exact) mass is 327 g/mol. The Hall–Kier alpha value is -2.43. The molecule has 5 nitrogen and oxygen atoms in total. The molecule has 0 spiro atoms. The second kappa shape index (κ2) is 9.01. The number of allylic oxidation sites excluding steroid dienone is 2. The zero-order valence-electron chi connectivity index (χ0n) is 14.4. The molecular weight excluding hydrogens is 302 g/mol. The maximum atomic E-state index is 12.0. The van der Waals surface area contributed by atoms with Gasteiger partial charge >= 0.3 is 0 Å². The molecule has 0 saturated carbocycles. The number of pyridine rings is 1. The van der Waals surface area contributed by atoms with Crippen LogP contribution < -0.4 is 5.32 Å². The van der Waals surface area contributed by atoms with Crippen molar-refractivity contribution in [3.05, 3.63) is 53.4 Å². The highest BCUT2D eigenvalue weighted by molar-refractivity contribution is 5.92. The molecule has 2 amide bonds. The Morgan fingerprint density at radius 2 is 2.04 bits per heavy atom. The summed E-state index contributed by atoms with van der Waals surface area (Å²) in [6, 6.07) is 5.30. The van der Waals surface area contributed by atoms with Gasteiger partial charge in [0.05, 0.1) is 0 Å². The number of rotatable bonds is 6. The number of hydrogen-bond acceptors (Lipinski definition) is 3. The van der Waals surface area contributed by atoms with Gasteiger partial charge in [0, 0.05) is 32.9 Å². The third kappa shape index (κ3) is 5.33. The molecule has 0 bridgehead atoms. The fourth-order valence-electron chi connectivity index (χ4n) is 2.71. The molecule has 2 rings (SSSR count). The van der Waals surface area contributed by atoms with Gasteiger partial charge in [-0.25, -0.2) is 0 Å². The highest BCUT2D eigenvalue weighted by atomic mass is 16.2. The lowest BCUT2D eigenvalue weighted by Gasteiger charge is -2.18. The Bertz CT molecular complexity index is 633. The standard InChI is InChI=1S/C19H25N3O2/c1-22(2)18(23)11-10-15-7-3-4-8-16(15)12-14-21-19(24)17-9-5-6-13-20-17/h5-6,9-11,13H,3-4,7-8,12,14H2,1-2H3,(H,21,24). The summed E-state index contributed by atoms with van der Waals surface area (Å²) in [7, 11) is 3.49. The second-order valence-corrected chi connectivity index (χ2v) is 6.12. The summed E-state index contributed by atoms with van der Waals surface area (Å²) in [5.74, 6) is -0.150. The van der Waals surface area contributed by atoms with E-state index < -0.39 is 0 Å². The first-order chi connectivity index (χ1) is 11.6. The lowest BCUT2D eigenvalue weighted by molar-refractivity contribution is -0.123. The molecule has 0 aromatic carbocycles. The van der Waals surface area contributed by atoms with E-state index in [1.54, 1.807) is 49.5 Å². The van der Waals surface area contributed by atoms with Crippen LogP contribution in [0.2, 0.25) is 0 Å². The number of aromatic nitrogens is 1. The predicted octanol–water partition coefficient (Wildman–Crippen LogP) is 2.72. The van der Waals surface area contributed by atoms with E-state index in [2.05, 4.69) is 10.3 Å². The van der Waals surface area contributed by atoms with Crippen LogP contribution in [-0.4, -0.2) is 42.3 Å². The normalized spacial score (nSPS) is 14.8. The fraction of sp³-hybridized carbons (Fsp3) is 0.421. The van der Waals surface area contributed by atoms with Gasteiger partial charge < -0.3 is 10.2 Å². The largest absolute Gasteiger partial charge is 0.350 e. The van der Waals surface area contributed by atoms with E-state index in [4.69, 9.17) is 0 Å². The molecule has 1 N–H and O–H groups in total. The zero-order valence-corrected chi connectivity index (χ0v) is 14.4. The molecule has 1 aromatic heterocycles. The van der Waals surface area contributed by atoms with Gasteiger partial charge in [-0.3, -0.25) is 14.6 Å². The first kappa shape index (κ1) is 17.9. The highest BCUT2D eigenvalue weighted by Gasteiger charge is 2.12. The van der Waals surface area contributed by atoms with Crippen LogP contribution in [0.5, 0.6) is 0 Å². The third-order valence-corrected chi connectivity index (χ3v) is 4.11. The smallest absolute Gasteiger partial charge is 0.269 e. The summed E-state index contributed by atoms with van der Waals surface area (Å²) in [6.07, 6.45) is 10.4. The average Bonchev–Trinajstić information content (AvgIpc) is 2.61. The van der Waals surface area contributed by atoms with E-state index in [1.165, 1.54) is 17.6 Å². The molecule has 0 radical (unpaired) electrons. The maximum Gasteiger partial charge on any atom is 0.269 e. The zero-order chi connectivity index (χ0) is 17.4. The molecule has 5 heteroatoms. The molecule has 1 aliphatic rings. The fourth-order valence-corrected chi connectivity index (χ4v) is 2.71. The Balaban J connectivity index is 1.93. The summed E-state index contributed by atoms with van der Waals surface area (Å²) in [5.41, 5.74) is 3.01. The van der Waals surface area contributed by atoms with E-state index in [9.17, 15) is 9.59 Å². The molecule has 0 unspecified atom stereocenters. The Kier molecular flexibility index (Phi) is 6.73. The number of nitrogens with one attached hydrogen (secondary N) is 1. The lowest BCUT2D eigenvalue weighted by Crippen LogP contribution is -2.25. The Labute approximate surface area is 143 Å². The van der Waals surface area contributed by atoms with E-state index >= 15 is 0 Å². The lowest BCUT2D eigenvalue weighted by atomic mass is 9.89. The summed E-state index contributed by atoms with van der Waals surface area (Å²) in [5, 5.41) is 2.92. The number of carbonyl (C=O) groups excluding carboxylic acids is 2. The summed E-state index contributed by atoms with van der Waals surface area (Å²) in [4.78, 5) is 29.3. The molecule has 0 aliphatic heterocycles. The van der Waals surface area contributed by atoms with Crippen molar-refractivity contribution in [3.8, 4) is 0 Å². The van der Waals surface area contributed by atoms with Gasteiger partial charge in [0.25, 0.3) is 5.91 Å². The number of amides is 2. The van der Waals surface area contributed by atoms with Crippen molar-refractivity contribution in [3.63, 3.8) is 0 Å².